The first-order valence-electron chi connectivity index (χ1n) is 5.81. The maximum absolute atomic E-state index is 11.1. The summed E-state index contributed by atoms with van der Waals surface area (Å²) in [5.41, 5.74) is 5.38. The van der Waals surface area contributed by atoms with E-state index in [4.69, 9.17) is 10.8 Å². The highest BCUT2D eigenvalue weighted by Crippen LogP contribution is 2.20. The SMILES string of the molecule is CC(C)C(N)C(=O)O.O=C1NS(=O)(=O)c2ccccc21. The third-order valence-corrected chi connectivity index (χ3v) is 4.04. The second kappa shape index (κ2) is 6.02. The summed E-state index contributed by atoms with van der Waals surface area (Å²) in [5, 5.41) is 8.23. The number of carboxylic acid groups (broad SMARTS) is 1. The molecule has 2 rings (SSSR count). The van der Waals surface area contributed by atoms with E-state index in [0.29, 0.717) is 0 Å². The summed E-state index contributed by atoms with van der Waals surface area (Å²) >= 11 is 0. The maximum Gasteiger partial charge on any atom is 0.320 e. The number of sulfonamides is 1. The van der Waals surface area contributed by atoms with Crippen LogP contribution in [-0.2, 0) is 14.8 Å². The normalized spacial score (nSPS) is 16.7. The van der Waals surface area contributed by atoms with Crippen LogP contribution in [0.1, 0.15) is 24.2 Å². The summed E-state index contributed by atoms with van der Waals surface area (Å²) in [4.78, 5) is 21.1. The Morgan fingerprint density at radius 3 is 2.25 bits per heavy atom. The van der Waals surface area contributed by atoms with Crippen molar-refractivity contribution >= 4 is 21.9 Å². The zero-order chi connectivity index (χ0) is 15.5. The van der Waals surface area contributed by atoms with Gasteiger partial charge in [-0.3, -0.25) is 9.59 Å². The molecule has 0 saturated carbocycles. The Morgan fingerprint density at radius 2 is 1.85 bits per heavy atom. The van der Waals surface area contributed by atoms with Gasteiger partial charge in [0.2, 0.25) is 0 Å². The van der Waals surface area contributed by atoms with Gasteiger partial charge in [-0.2, -0.15) is 0 Å². The lowest BCUT2D eigenvalue weighted by atomic mass is 10.1. The number of hydrogen-bond acceptors (Lipinski definition) is 5. The van der Waals surface area contributed by atoms with Gasteiger partial charge in [0.25, 0.3) is 15.9 Å². The van der Waals surface area contributed by atoms with Gasteiger partial charge >= 0.3 is 5.97 Å². The first kappa shape index (κ1) is 16.1. The van der Waals surface area contributed by atoms with Gasteiger partial charge in [-0.05, 0) is 18.1 Å². The minimum absolute atomic E-state index is 0.0208. The second-order valence-electron chi connectivity index (χ2n) is 4.54. The van der Waals surface area contributed by atoms with Crippen molar-refractivity contribution in [2.24, 2.45) is 11.7 Å². The minimum Gasteiger partial charge on any atom is -0.480 e. The van der Waals surface area contributed by atoms with Gasteiger partial charge in [0.1, 0.15) is 10.9 Å². The van der Waals surface area contributed by atoms with E-state index >= 15 is 0 Å². The Kier molecular flexibility index (Phi) is 4.85. The van der Waals surface area contributed by atoms with Crippen LogP contribution in [0.15, 0.2) is 29.2 Å². The number of carboxylic acids is 1. The first-order valence-corrected chi connectivity index (χ1v) is 7.29. The molecule has 110 valence electrons. The fourth-order valence-corrected chi connectivity index (χ4v) is 2.58. The Labute approximate surface area is 116 Å². The van der Waals surface area contributed by atoms with Gasteiger partial charge in [-0.25, -0.2) is 13.1 Å². The first-order chi connectivity index (χ1) is 9.16. The number of hydrogen-bond donors (Lipinski definition) is 3. The monoisotopic (exact) mass is 300 g/mol. The highest BCUT2D eigenvalue weighted by atomic mass is 32.2. The van der Waals surface area contributed by atoms with Gasteiger partial charge in [0.15, 0.2) is 0 Å². The predicted octanol–water partition coefficient (Wildman–Crippen LogP) is 0.173. The largest absolute Gasteiger partial charge is 0.480 e. The van der Waals surface area contributed by atoms with Crippen molar-refractivity contribution in [3.05, 3.63) is 29.8 Å². The highest BCUT2D eigenvalue weighted by Gasteiger charge is 2.31. The van der Waals surface area contributed by atoms with Crippen molar-refractivity contribution in [2.45, 2.75) is 24.8 Å². The molecule has 1 aliphatic rings. The number of fused-ring (bicyclic) bond motifs is 1. The van der Waals surface area contributed by atoms with Crippen LogP contribution in [0.25, 0.3) is 0 Å². The van der Waals surface area contributed by atoms with Crippen molar-refractivity contribution in [1.29, 1.82) is 0 Å². The van der Waals surface area contributed by atoms with Gasteiger partial charge < -0.3 is 10.8 Å². The third-order valence-electron chi connectivity index (χ3n) is 2.65. The van der Waals surface area contributed by atoms with Crippen LogP contribution < -0.4 is 10.5 Å². The fraction of sp³-hybridized carbons (Fsp3) is 0.333. The predicted molar refractivity (Wildman–Crippen MR) is 71.5 cm³/mol. The number of carbonyl (C=O) groups is 2. The summed E-state index contributed by atoms with van der Waals surface area (Å²) < 4.78 is 24.2. The molecule has 1 aliphatic heterocycles. The van der Waals surface area contributed by atoms with Gasteiger partial charge in [-0.15, -0.1) is 0 Å². The standard InChI is InChI=1S/C7H5NO3S.C5H11NO2/c9-7-5-3-1-2-4-6(5)12(10,11)8-7;1-3(2)4(6)5(7)8/h1-4H,(H,8,9);3-4H,6H2,1-2H3,(H,7,8). The van der Waals surface area contributed by atoms with Gasteiger partial charge in [0.05, 0.1) is 5.56 Å². The van der Waals surface area contributed by atoms with Crippen molar-refractivity contribution in [3.63, 3.8) is 0 Å². The molecule has 4 N–H and O–H groups in total. The van der Waals surface area contributed by atoms with Gasteiger partial charge in [0, 0.05) is 0 Å². The number of carbonyl (C=O) groups excluding carboxylic acids is 1. The summed E-state index contributed by atoms with van der Waals surface area (Å²) in [7, 11) is -3.55. The van der Waals surface area contributed by atoms with Crippen LogP contribution >= 0.6 is 0 Å². The highest BCUT2D eigenvalue weighted by molar-refractivity contribution is 7.90. The van der Waals surface area contributed by atoms with Crippen LogP contribution in [0.4, 0.5) is 0 Å². The average Bonchev–Trinajstić information content (AvgIpc) is 2.60. The van der Waals surface area contributed by atoms with Crippen molar-refractivity contribution in [1.82, 2.24) is 4.72 Å². The molecule has 1 aromatic rings. The van der Waals surface area contributed by atoms with E-state index in [-0.39, 0.29) is 16.4 Å². The number of rotatable bonds is 2. The van der Waals surface area contributed by atoms with Crippen LogP contribution in [0.3, 0.4) is 0 Å². The van der Waals surface area contributed by atoms with E-state index in [1.54, 1.807) is 26.0 Å². The number of nitrogens with two attached hydrogens (primary N) is 1. The summed E-state index contributed by atoms with van der Waals surface area (Å²) in [5.74, 6) is -1.46. The molecule has 0 aliphatic carbocycles. The van der Waals surface area contributed by atoms with E-state index in [1.165, 1.54) is 12.1 Å². The molecule has 1 amide bonds. The third kappa shape index (κ3) is 3.55. The quantitative estimate of drug-likeness (QED) is 0.714. The average molecular weight is 300 g/mol. The Bertz CT molecular complexity index is 624. The summed E-state index contributed by atoms with van der Waals surface area (Å²) in [6, 6.07) is 5.38. The molecule has 0 spiro atoms. The molecule has 20 heavy (non-hydrogen) atoms. The van der Waals surface area contributed by atoms with Gasteiger partial charge in [-0.1, -0.05) is 26.0 Å². The van der Waals surface area contributed by atoms with Crippen molar-refractivity contribution in [2.75, 3.05) is 0 Å². The molecule has 7 nitrogen and oxygen atoms in total. The molecular formula is C12H16N2O5S. The smallest absolute Gasteiger partial charge is 0.320 e. The fourth-order valence-electron chi connectivity index (χ4n) is 1.41. The Hall–Kier alpha value is -1.93. The molecule has 1 atom stereocenters. The molecule has 0 aromatic heterocycles. The second-order valence-corrected chi connectivity index (χ2v) is 6.19. The zero-order valence-electron chi connectivity index (χ0n) is 11.0. The molecule has 0 saturated heterocycles. The number of benzene rings is 1. The lowest BCUT2D eigenvalue weighted by molar-refractivity contribution is -0.139. The van der Waals surface area contributed by atoms with Crippen LogP contribution in [0, 0.1) is 5.92 Å². The number of nitrogens with one attached hydrogen (secondary N) is 1. The number of amides is 1. The molecule has 0 bridgehead atoms. The maximum atomic E-state index is 11.1. The minimum atomic E-state index is -3.55. The molecule has 0 radical (unpaired) electrons. The topological polar surface area (TPSA) is 127 Å². The van der Waals surface area contributed by atoms with Crippen molar-refractivity contribution in [3.8, 4) is 0 Å². The van der Waals surface area contributed by atoms with Crippen LogP contribution in [0.2, 0.25) is 0 Å². The zero-order valence-corrected chi connectivity index (χ0v) is 11.8. The lowest BCUT2D eigenvalue weighted by Crippen LogP contribution is -2.34. The van der Waals surface area contributed by atoms with E-state index in [9.17, 15) is 18.0 Å². The van der Waals surface area contributed by atoms with Crippen molar-refractivity contribution < 1.29 is 23.1 Å². The summed E-state index contributed by atoms with van der Waals surface area (Å²) in [6.07, 6.45) is 0. The van der Waals surface area contributed by atoms with E-state index < -0.39 is 27.9 Å². The molecule has 1 heterocycles. The molecule has 8 heteroatoms. The number of aliphatic carboxylic acids is 1. The van der Waals surface area contributed by atoms with Crippen LogP contribution in [-0.4, -0.2) is 31.4 Å². The van der Waals surface area contributed by atoms with E-state index in [2.05, 4.69) is 0 Å². The Balaban J connectivity index is 0.000000221. The van der Waals surface area contributed by atoms with Crippen LogP contribution in [0.5, 0.6) is 0 Å². The lowest BCUT2D eigenvalue weighted by Gasteiger charge is -2.07. The van der Waals surface area contributed by atoms with E-state index in [0.717, 1.165) is 0 Å². The molecular weight excluding hydrogens is 284 g/mol. The Morgan fingerprint density at radius 1 is 1.30 bits per heavy atom. The summed E-state index contributed by atoms with van der Waals surface area (Å²) in [6.45, 7) is 3.55. The molecule has 0 fully saturated rings. The van der Waals surface area contributed by atoms with E-state index in [1.807, 2.05) is 4.72 Å². The molecule has 1 unspecified atom stereocenters. The molecule has 1 aromatic carbocycles.